The Balaban J connectivity index is 2.44. The van der Waals surface area contributed by atoms with Crippen LogP contribution in [0.25, 0.3) is 0 Å². The van der Waals surface area contributed by atoms with Crippen LogP contribution in [0.2, 0.25) is 0 Å². The topological polar surface area (TPSA) is 12.0 Å². The Hall–Kier alpha value is -0.410. The zero-order valence-electron chi connectivity index (χ0n) is 10.8. The Morgan fingerprint density at radius 1 is 1.29 bits per heavy atom. The maximum Gasteiger partial charge on any atom is 0.124 e. The average Bonchev–Trinajstić information content (AvgIpc) is 2.25. The van der Waals surface area contributed by atoms with Crippen molar-refractivity contribution < 1.29 is 4.39 Å². The van der Waals surface area contributed by atoms with Gasteiger partial charge in [-0.05, 0) is 43.0 Å². The van der Waals surface area contributed by atoms with E-state index in [1.807, 2.05) is 6.07 Å². The first-order chi connectivity index (χ1) is 8.01. The Kier molecular flexibility index (Phi) is 6.14. The first kappa shape index (κ1) is 14.7. The van der Waals surface area contributed by atoms with E-state index < -0.39 is 0 Å². The molecule has 1 rings (SSSR count). The molecule has 0 saturated carbocycles. The van der Waals surface area contributed by atoms with Crippen LogP contribution in [0.4, 0.5) is 4.39 Å². The molecule has 1 N–H and O–H groups in total. The van der Waals surface area contributed by atoms with Crippen LogP contribution in [-0.4, -0.2) is 6.04 Å². The molecule has 96 valence electrons. The lowest BCUT2D eigenvalue weighted by Gasteiger charge is -2.17. The quantitative estimate of drug-likeness (QED) is 0.815. The third-order valence-electron chi connectivity index (χ3n) is 3.03. The van der Waals surface area contributed by atoms with Gasteiger partial charge in [-0.25, -0.2) is 4.39 Å². The van der Waals surface area contributed by atoms with Gasteiger partial charge in [0.05, 0.1) is 0 Å². The van der Waals surface area contributed by atoms with Crippen molar-refractivity contribution in [3.05, 3.63) is 34.1 Å². The summed E-state index contributed by atoms with van der Waals surface area (Å²) in [5.41, 5.74) is 0.980. The highest BCUT2D eigenvalue weighted by molar-refractivity contribution is 9.10. The minimum atomic E-state index is -0.189. The van der Waals surface area contributed by atoms with Gasteiger partial charge in [0.25, 0.3) is 0 Å². The van der Waals surface area contributed by atoms with Gasteiger partial charge in [0.2, 0.25) is 0 Å². The Labute approximate surface area is 112 Å². The number of nitrogens with one attached hydrogen (secondary N) is 1. The maximum atomic E-state index is 13.2. The lowest BCUT2D eigenvalue weighted by Crippen LogP contribution is -2.27. The van der Waals surface area contributed by atoms with Gasteiger partial charge in [-0.3, -0.25) is 0 Å². The fourth-order valence-corrected chi connectivity index (χ4v) is 2.37. The van der Waals surface area contributed by atoms with E-state index in [2.05, 4.69) is 42.0 Å². The number of halogens is 2. The summed E-state index contributed by atoms with van der Waals surface area (Å²) in [7, 11) is 0. The van der Waals surface area contributed by atoms with Gasteiger partial charge in [-0.1, -0.05) is 36.2 Å². The highest BCUT2D eigenvalue weighted by Gasteiger charge is 2.07. The summed E-state index contributed by atoms with van der Waals surface area (Å²) in [6.07, 6.45) is 2.37. The fraction of sp³-hybridized carbons (Fsp3) is 0.571. The molecule has 0 fully saturated rings. The molecule has 0 spiro atoms. The van der Waals surface area contributed by atoms with Crippen LogP contribution in [0, 0.1) is 11.7 Å². The van der Waals surface area contributed by atoms with Crippen molar-refractivity contribution in [2.45, 2.75) is 46.2 Å². The van der Waals surface area contributed by atoms with E-state index in [-0.39, 0.29) is 5.82 Å². The van der Waals surface area contributed by atoms with Gasteiger partial charge >= 0.3 is 0 Å². The molecule has 1 aromatic rings. The normalized spacial score (nSPS) is 14.6. The fourth-order valence-electron chi connectivity index (χ4n) is 1.86. The molecule has 0 heterocycles. The SMILES string of the molecule is CCC(C)CC(C)NCc1cc(F)cc(Br)c1. The largest absolute Gasteiger partial charge is 0.310 e. The zero-order chi connectivity index (χ0) is 12.8. The Bertz CT molecular complexity index is 334. The molecule has 2 atom stereocenters. The second kappa shape index (κ2) is 7.12. The molecule has 0 amide bonds. The van der Waals surface area contributed by atoms with E-state index in [9.17, 15) is 4.39 Å². The van der Waals surface area contributed by atoms with Crippen LogP contribution in [0.15, 0.2) is 22.7 Å². The summed E-state index contributed by atoms with van der Waals surface area (Å²) in [5, 5.41) is 3.43. The monoisotopic (exact) mass is 301 g/mol. The summed E-state index contributed by atoms with van der Waals surface area (Å²) in [6, 6.07) is 5.47. The molecular formula is C14H21BrFN. The zero-order valence-corrected chi connectivity index (χ0v) is 12.3. The Morgan fingerprint density at radius 2 is 2.00 bits per heavy atom. The molecule has 17 heavy (non-hydrogen) atoms. The molecule has 1 aromatic carbocycles. The third-order valence-corrected chi connectivity index (χ3v) is 3.49. The Morgan fingerprint density at radius 3 is 2.59 bits per heavy atom. The predicted octanol–water partition coefficient (Wildman–Crippen LogP) is 4.50. The van der Waals surface area contributed by atoms with Gasteiger partial charge < -0.3 is 5.32 Å². The standard InChI is InChI=1S/C14H21BrFN/c1-4-10(2)5-11(3)17-9-12-6-13(15)8-14(16)7-12/h6-8,10-11,17H,4-5,9H2,1-3H3. The van der Waals surface area contributed by atoms with Crippen LogP contribution in [0.1, 0.15) is 39.2 Å². The molecule has 0 aromatic heterocycles. The predicted molar refractivity (Wildman–Crippen MR) is 74.5 cm³/mol. The molecule has 0 aliphatic carbocycles. The number of benzene rings is 1. The average molecular weight is 302 g/mol. The van der Waals surface area contributed by atoms with E-state index >= 15 is 0 Å². The summed E-state index contributed by atoms with van der Waals surface area (Å²) in [5.74, 6) is 0.544. The lowest BCUT2D eigenvalue weighted by molar-refractivity contribution is 0.411. The van der Waals surface area contributed by atoms with E-state index in [4.69, 9.17) is 0 Å². The second-order valence-corrected chi connectivity index (χ2v) is 5.72. The first-order valence-electron chi connectivity index (χ1n) is 6.19. The summed E-state index contributed by atoms with van der Waals surface area (Å²) in [6.45, 7) is 7.37. The molecule has 0 bridgehead atoms. The lowest BCUT2D eigenvalue weighted by atomic mass is 10.0. The van der Waals surface area contributed by atoms with Crippen LogP contribution in [0.5, 0.6) is 0 Å². The van der Waals surface area contributed by atoms with E-state index in [0.717, 1.165) is 22.4 Å². The van der Waals surface area contributed by atoms with Crippen molar-refractivity contribution in [2.24, 2.45) is 5.92 Å². The van der Waals surface area contributed by atoms with Crippen molar-refractivity contribution >= 4 is 15.9 Å². The van der Waals surface area contributed by atoms with Crippen LogP contribution >= 0.6 is 15.9 Å². The smallest absolute Gasteiger partial charge is 0.124 e. The minimum absolute atomic E-state index is 0.189. The van der Waals surface area contributed by atoms with E-state index in [1.54, 1.807) is 6.07 Å². The molecule has 0 saturated heterocycles. The van der Waals surface area contributed by atoms with Gasteiger partial charge in [-0.15, -0.1) is 0 Å². The van der Waals surface area contributed by atoms with Gasteiger partial charge in [-0.2, -0.15) is 0 Å². The first-order valence-corrected chi connectivity index (χ1v) is 6.99. The van der Waals surface area contributed by atoms with Crippen LogP contribution < -0.4 is 5.32 Å². The maximum absolute atomic E-state index is 13.2. The van der Waals surface area contributed by atoms with Gasteiger partial charge in [0.1, 0.15) is 5.82 Å². The van der Waals surface area contributed by atoms with E-state index in [0.29, 0.717) is 12.6 Å². The number of hydrogen-bond donors (Lipinski definition) is 1. The molecule has 0 aliphatic heterocycles. The third kappa shape index (κ3) is 5.64. The molecule has 0 aliphatic rings. The van der Waals surface area contributed by atoms with Crippen molar-refractivity contribution in [1.82, 2.24) is 5.32 Å². The van der Waals surface area contributed by atoms with Gasteiger partial charge in [0.15, 0.2) is 0 Å². The molecule has 1 nitrogen and oxygen atoms in total. The minimum Gasteiger partial charge on any atom is -0.310 e. The number of rotatable bonds is 6. The molecule has 2 unspecified atom stereocenters. The van der Waals surface area contributed by atoms with Crippen molar-refractivity contribution in [3.63, 3.8) is 0 Å². The summed E-state index contributed by atoms with van der Waals surface area (Å²) < 4.78 is 14.0. The van der Waals surface area contributed by atoms with Gasteiger partial charge in [0, 0.05) is 17.1 Å². The summed E-state index contributed by atoms with van der Waals surface area (Å²) >= 11 is 3.30. The van der Waals surface area contributed by atoms with Crippen molar-refractivity contribution in [1.29, 1.82) is 0 Å². The number of hydrogen-bond acceptors (Lipinski definition) is 1. The van der Waals surface area contributed by atoms with Crippen molar-refractivity contribution in [3.8, 4) is 0 Å². The van der Waals surface area contributed by atoms with E-state index in [1.165, 1.54) is 12.5 Å². The second-order valence-electron chi connectivity index (χ2n) is 4.81. The summed E-state index contributed by atoms with van der Waals surface area (Å²) in [4.78, 5) is 0. The van der Waals surface area contributed by atoms with Crippen molar-refractivity contribution in [2.75, 3.05) is 0 Å². The highest BCUT2D eigenvalue weighted by Crippen LogP contribution is 2.15. The highest BCUT2D eigenvalue weighted by atomic mass is 79.9. The molecule has 0 radical (unpaired) electrons. The van der Waals surface area contributed by atoms with Crippen LogP contribution in [-0.2, 0) is 6.54 Å². The molecule has 3 heteroatoms. The molecular weight excluding hydrogens is 281 g/mol. The van der Waals surface area contributed by atoms with Crippen LogP contribution in [0.3, 0.4) is 0 Å².